The molecule has 1 N–H and O–H groups in total. The van der Waals surface area contributed by atoms with E-state index in [0.29, 0.717) is 5.56 Å². The van der Waals surface area contributed by atoms with E-state index in [-0.39, 0.29) is 6.42 Å². The smallest absolute Gasteiger partial charge is 0.346 e. The quantitative estimate of drug-likeness (QED) is 0.736. The number of rotatable bonds is 4. The van der Waals surface area contributed by atoms with E-state index in [4.69, 9.17) is 5.11 Å². The number of aliphatic carboxylic acids is 1. The predicted molar refractivity (Wildman–Crippen MR) is 47.7 cm³/mol. The largest absolute Gasteiger partial charge is 0.479 e. The Morgan fingerprint density at radius 2 is 1.86 bits per heavy atom. The van der Waals surface area contributed by atoms with Crippen LogP contribution in [0.3, 0.4) is 0 Å². The van der Waals surface area contributed by atoms with E-state index in [1.165, 1.54) is 0 Å². The van der Waals surface area contributed by atoms with Crippen molar-refractivity contribution in [2.45, 2.75) is 12.6 Å². The summed E-state index contributed by atoms with van der Waals surface area (Å²) in [5, 5.41) is 8.23. The van der Waals surface area contributed by atoms with Gasteiger partial charge in [-0.05, 0) is 5.56 Å². The Morgan fingerprint density at radius 3 is 2.36 bits per heavy atom. The van der Waals surface area contributed by atoms with Crippen molar-refractivity contribution in [2.24, 2.45) is 0 Å². The molecule has 4 heteroatoms. The molecule has 3 nitrogen and oxygen atoms in total. The molecular weight excluding hydrogens is 187 g/mol. The van der Waals surface area contributed by atoms with Gasteiger partial charge < -0.3 is 5.11 Å². The third kappa shape index (κ3) is 2.65. The predicted octanol–water partition coefficient (Wildman–Crippen LogP) is 1.22. The van der Waals surface area contributed by atoms with Crippen LogP contribution in [0.4, 0.5) is 4.39 Å². The Labute approximate surface area is 80.2 Å². The zero-order valence-corrected chi connectivity index (χ0v) is 7.31. The molecule has 0 aliphatic heterocycles. The number of halogens is 1. The molecule has 0 heterocycles. The number of carboxylic acid groups (broad SMARTS) is 1. The monoisotopic (exact) mass is 196 g/mol. The minimum Gasteiger partial charge on any atom is -0.479 e. The number of Topliss-reactive ketones (excluding diaryl/α,β-unsaturated/α-hetero) is 1. The fraction of sp³-hybridized carbons (Fsp3) is 0.200. The first-order chi connectivity index (χ1) is 6.61. The summed E-state index contributed by atoms with van der Waals surface area (Å²) in [5.41, 5.74) is 0.612. The lowest BCUT2D eigenvalue weighted by Gasteiger charge is -2.01. The SMILES string of the molecule is O=C(O)C(F)C(=O)Cc1ccccc1. The van der Waals surface area contributed by atoms with Gasteiger partial charge in [0.15, 0.2) is 5.78 Å². The molecule has 0 fully saturated rings. The second kappa shape index (κ2) is 4.50. The maximum atomic E-state index is 12.7. The number of carboxylic acids is 1. The number of benzene rings is 1. The summed E-state index contributed by atoms with van der Waals surface area (Å²) in [6.45, 7) is 0. The Balaban J connectivity index is 2.62. The highest BCUT2D eigenvalue weighted by Crippen LogP contribution is 2.04. The van der Waals surface area contributed by atoms with Crippen LogP contribution >= 0.6 is 0 Å². The lowest BCUT2D eigenvalue weighted by molar-refractivity contribution is -0.147. The van der Waals surface area contributed by atoms with Crippen molar-refractivity contribution >= 4 is 11.8 Å². The maximum absolute atomic E-state index is 12.7. The van der Waals surface area contributed by atoms with Gasteiger partial charge in [-0.15, -0.1) is 0 Å². The third-order valence-corrected chi connectivity index (χ3v) is 1.72. The van der Waals surface area contributed by atoms with E-state index in [2.05, 4.69) is 0 Å². The first-order valence-electron chi connectivity index (χ1n) is 4.05. The number of carbonyl (C=O) groups is 2. The van der Waals surface area contributed by atoms with Gasteiger partial charge in [-0.2, -0.15) is 0 Å². The van der Waals surface area contributed by atoms with Crippen LogP contribution in [-0.2, 0) is 16.0 Å². The van der Waals surface area contributed by atoms with Crippen molar-refractivity contribution in [1.82, 2.24) is 0 Å². The number of hydrogen-bond donors (Lipinski definition) is 1. The van der Waals surface area contributed by atoms with Crippen molar-refractivity contribution < 1.29 is 19.1 Å². The van der Waals surface area contributed by atoms with E-state index in [1.54, 1.807) is 30.3 Å². The summed E-state index contributed by atoms with van der Waals surface area (Å²) >= 11 is 0. The average molecular weight is 196 g/mol. The van der Waals surface area contributed by atoms with Gasteiger partial charge in [0.2, 0.25) is 0 Å². The molecule has 0 aromatic heterocycles. The molecule has 0 aliphatic rings. The minimum absolute atomic E-state index is 0.186. The molecule has 0 amide bonds. The number of alkyl halides is 1. The molecule has 74 valence electrons. The van der Waals surface area contributed by atoms with Crippen LogP contribution in [0, 0.1) is 0 Å². The van der Waals surface area contributed by atoms with E-state index in [9.17, 15) is 14.0 Å². The van der Waals surface area contributed by atoms with Gasteiger partial charge in [0, 0.05) is 6.42 Å². The molecule has 0 bridgehead atoms. The topological polar surface area (TPSA) is 54.4 Å². The Hall–Kier alpha value is -1.71. The van der Waals surface area contributed by atoms with Gasteiger partial charge in [-0.3, -0.25) is 4.79 Å². The van der Waals surface area contributed by atoms with Gasteiger partial charge in [-0.25, -0.2) is 9.18 Å². The molecule has 0 radical (unpaired) electrons. The molecule has 1 aromatic carbocycles. The summed E-state index contributed by atoms with van der Waals surface area (Å²) in [4.78, 5) is 21.1. The van der Waals surface area contributed by atoms with E-state index in [0.717, 1.165) is 0 Å². The highest BCUT2D eigenvalue weighted by atomic mass is 19.1. The van der Waals surface area contributed by atoms with Crippen molar-refractivity contribution in [3.63, 3.8) is 0 Å². The van der Waals surface area contributed by atoms with Crippen molar-refractivity contribution in [3.05, 3.63) is 35.9 Å². The summed E-state index contributed by atoms with van der Waals surface area (Å²) in [6.07, 6.45) is -2.61. The summed E-state index contributed by atoms with van der Waals surface area (Å²) in [6, 6.07) is 8.46. The molecule has 0 aliphatic carbocycles. The molecule has 1 unspecified atom stereocenters. The van der Waals surface area contributed by atoms with Crippen LogP contribution in [0.5, 0.6) is 0 Å². The molecule has 0 saturated heterocycles. The summed E-state index contributed by atoms with van der Waals surface area (Å²) in [7, 11) is 0. The number of ketones is 1. The molecule has 1 aromatic rings. The molecule has 0 spiro atoms. The van der Waals surface area contributed by atoms with Crippen LogP contribution in [0.1, 0.15) is 5.56 Å². The van der Waals surface area contributed by atoms with Gasteiger partial charge in [-0.1, -0.05) is 30.3 Å². The Bertz CT molecular complexity index is 334. The fourth-order valence-corrected chi connectivity index (χ4v) is 1.02. The van der Waals surface area contributed by atoms with Crippen LogP contribution in [0.15, 0.2) is 30.3 Å². The minimum atomic E-state index is -2.42. The zero-order chi connectivity index (χ0) is 10.6. The number of carbonyl (C=O) groups excluding carboxylic acids is 1. The van der Waals surface area contributed by atoms with Crippen LogP contribution in [0.25, 0.3) is 0 Å². The summed E-state index contributed by atoms with van der Waals surface area (Å²) < 4.78 is 12.7. The maximum Gasteiger partial charge on any atom is 0.346 e. The Kier molecular flexibility index (Phi) is 3.34. The van der Waals surface area contributed by atoms with Crippen molar-refractivity contribution in [1.29, 1.82) is 0 Å². The molecular formula is C10H9FO3. The van der Waals surface area contributed by atoms with Crippen molar-refractivity contribution in [3.8, 4) is 0 Å². The normalized spacial score (nSPS) is 12.1. The van der Waals surface area contributed by atoms with Gasteiger partial charge >= 0.3 is 5.97 Å². The summed E-state index contributed by atoms with van der Waals surface area (Å²) in [5.74, 6) is -2.66. The molecule has 1 atom stereocenters. The van der Waals surface area contributed by atoms with E-state index >= 15 is 0 Å². The Morgan fingerprint density at radius 1 is 1.29 bits per heavy atom. The second-order valence-electron chi connectivity index (χ2n) is 2.83. The third-order valence-electron chi connectivity index (χ3n) is 1.72. The van der Waals surface area contributed by atoms with Crippen LogP contribution < -0.4 is 0 Å². The van der Waals surface area contributed by atoms with E-state index in [1.807, 2.05) is 0 Å². The second-order valence-corrected chi connectivity index (χ2v) is 2.83. The lowest BCUT2D eigenvalue weighted by atomic mass is 10.1. The van der Waals surface area contributed by atoms with Gasteiger partial charge in [0.25, 0.3) is 6.17 Å². The average Bonchev–Trinajstić information content (AvgIpc) is 2.18. The first-order valence-corrected chi connectivity index (χ1v) is 4.05. The standard InChI is InChI=1S/C10H9FO3/c11-9(10(13)14)8(12)6-7-4-2-1-3-5-7/h1-5,9H,6H2,(H,13,14). The van der Waals surface area contributed by atoms with E-state index < -0.39 is 17.9 Å². The first kappa shape index (κ1) is 10.4. The zero-order valence-electron chi connectivity index (χ0n) is 7.31. The lowest BCUT2D eigenvalue weighted by Crippen LogP contribution is -2.26. The fourth-order valence-electron chi connectivity index (χ4n) is 1.02. The molecule has 14 heavy (non-hydrogen) atoms. The van der Waals surface area contributed by atoms with Crippen LogP contribution in [0.2, 0.25) is 0 Å². The van der Waals surface area contributed by atoms with Crippen molar-refractivity contribution in [2.75, 3.05) is 0 Å². The highest BCUT2D eigenvalue weighted by molar-refractivity contribution is 6.01. The highest BCUT2D eigenvalue weighted by Gasteiger charge is 2.24. The van der Waals surface area contributed by atoms with Gasteiger partial charge in [0.05, 0.1) is 0 Å². The van der Waals surface area contributed by atoms with Crippen LogP contribution in [-0.4, -0.2) is 23.0 Å². The van der Waals surface area contributed by atoms with Gasteiger partial charge in [0.1, 0.15) is 0 Å². The molecule has 1 rings (SSSR count). The number of hydrogen-bond acceptors (Lipinski definition) is 2. The molecule has 0 saturated carbocycles.